The molecule has 0 atom stereocenters. The zero-order valence-electron chi connectivity index (χ0n) is 11.0. The number of benzene rings is 1. The molecule has 1 saturated heterocycles. The number of hydrogen-bond donors (Lipinski definition) is 2. The van der Waals surface area contributed by atoms with Gasteiger partial charge in [0.2, 0.25) is 10.0 Å². The predicted molar refractivity (Wildman–Crippen MR) is 84.8 cm³/mol. The van der Waals surface area contributed by atoms with Crippen molar-refractivity contribution in [2.45, 2.75) is 4.90 Å². The van der Waals surface area contributed by atoms with E-state index in [1.54, 1.807) is 6.07 Å². The van der Waals surface area contributed by atoms with Crippen LogP contribution >= 0.6 is 23.4 Å². The fourth-order valence-electron chi connectivity index (χ4n) is 2.04. The van der Waals surface area contributed by atoms with Gasteiger partial charge in [-0.15, -0.1) is 0 Å². The van der Waals surface area contributed by atoms with Crippen LogP contribution in [0.15, 0.2) is 23.1 Å². The van der Waals surface area contributed by atoms with E-state index in [0.717, 1.165) is 24.6 Å². The molecule has 0 amide bonds. The summed E-state index contributed by atoms with van der Waals surface area (Å²) in [7, 11) is -3.66. The topological polar surface area (TPSA) is 75.4 Å². The Bertz CT molecular complexity index is 540. The molecule has 20 heavy (non-hydrogen) atoms. The third-order valence-electron chi connectivity index (χ3n) is 3.09. The van der Waals surface area contributed by atoms with Gasteiger partial charge in [-0.05, 0) is 12.1 Å². The molecule has 0 radical (unpaired) electrons. The lowest BCUT2D eigenvalue weighted by molar-refractivity contribution is 0.307. The van der Waals surface area contributed by atoms with Gasteiger partial charge in [0.05, 0.1) is 10.7 Å². The van der Waals surface area contributed by atoms with Gasteiger partial charge in [-0.3, -0.25) is 0 Å². The van der Waals surface area contributed by atoms with E-state index in [9.17, 15) is 8.42 Å². The van der Waals surface area contributed by atoms with Crippen LogP contribution < -0.4 is 10.5 Å². The number of sulfonamides is 1. The quantitative estimate of drug-likeness (QED) is 0.792. The average molecular weight is 336 g/mol. The van der Waals surface area contributed by atoms with Crippen molar-refractivity contribution in [3.63, 3.8) is 0 Å². The van der Waals surface area contributed by atoms with Crippen LogP contribution in [0.5, 0.6) is 0 Å². The Morgan fingerprint density at radius 2 is 2.05 bits per heavy atom. The summed E-state index contributed by atoms with van der Waals surface area (Å²) in [5.41, 5.74) is 5.87. The van der Waals surface area contributed by atoms with Crippen LogP contribution in [0.2, 0.25) is 5.02 Å². The molecule has 1 aromatic carbocycles. The molecule has 0 aromatic heterocycles. The van der Waals surface area contributed by atoms with Crippen molar-refractivity contribution in [3.8, 4) is 0 Å². The number of anilines is 1. The van der Waals surface area contributed by atoms with Crippen molar-refractivity contribution in [1.82, 2.24) is 9.62 Å². The van der Waals surface area contributed by atoms with E-state index < -0.39 is 10.0 Å². The molecule has 1 aliphatic rings. The number of hydrogen-bond acceptors (Lipinski definition) is 5. The van der Waals surface area contributed by atoms with Gasteiger partial charge in [0.1, 0.15) is 4.90 Å². The van der Waals surface area contributed by atoms with Gasteiger partial charge >= 0.3 is 0 Å². The fraction of sp³-hybridized carbons (Fsp3) is 0.500. The summed E-state index contributed by atoms with van der Waals surface area (Å²) in [6.45, 7) is 3.06. The molecule has 0 unspecified atom stereocenters. The molecule has 1 fully saturated rings. The van der Waals surface area contributed by atoms with Gasteiger partial charge in [-0.1, -0.05) is 17.7 Å². The van der Waals surface area contributed by atoms with Crippen molar-refractivity contribution < 1.29 is 8.42 Å². The van der Waals surface area contributed by atoms with Gasteiger partial charge in [0.25, 0.3) is 0 Å². The van der Waals surface area contributed by atoms with Crippen LogP contribution in [0.1, 0.15) is 0 Å². The monoisotopic (exact) mass is 335 g/mol. The standard InChI is InChI=1S/C12H18ClN3O2S2/c13-10-2-1-3-11(14)12(10)20(17,18)15-4-5-16-6-8-19-9-7-16/h1-3,15H,4-9,14H2. The van der Waals surface area contributed by atoms with Crippen molar-refractivity contribution in [3.05, 3.63) is 23.2 Å². The zero-order valence-corrected chi connectivity index (χ0v) is 13.4. The summed E-state index contributed by atoms with van der Waals surface area (Å²) in [6, 6.07) is 4.68. The number of nitrogens with zero attached hydrogens (tertiary/aromatic N) is 1. The molecular weight excluding hydrogens is 318 g/mol. The summed E-state index contributed by atoms with van der Waals surface area (Å²) in [6.07, 6.45) is 0. The van der Waals surface area contributed by atoms with E-state index in [4.69, 9.17) is 17.3 Å². The first kappa shape index (κ1) is 15.9. The Morgan fingerprint density at radius 3 is 2.70 bits per heavy atom. The minimum atomic E-state index is -3.66. The Morgan fingerprint density at radius 1 is 1.35 bits per heavy atom. The molecular formula is C12H18ClN3O2S2. The summed E-state index contributed by atoms with van der Waals surface area (Å²) in [5, 5.41) is 0.145. The van der Waals surface area contributed by atoms with Crippen molar-refractivity contribution in [2.75, 3.05) is 43.4 Å². The Balaban J connectivity index is 1.97. The predicted octanol–water partition coefficient (Wildman–Crippen LogP) is 1.25. The van der Waals surface area contributed by atoms with E-state index >= 15 is 0 Å². The first-order chi connectivity index (χ1) is 9.50. The zero-order chi connectivity index (χ0) is 14.6. The molecule has 1 aliphatic heterocycles. The van der Waals surface area contributed by atoms with Crippen LogP contribution in [0.4, 0.5) is 5.69 Å². The highest BCUT2D eigenvalue weighted by atomic mass is 35.5. The van der Waals surface area contributed by atoms with Crippen molar-refractivity contribution in [1.29, 1.82) is 0 Å². The number of halogens is 1. The van der Waals surface area contributed by atoms with Gasteiger partial charge in [-0.25, -0.2) is 13.1 Å². The molecule has 0 saturated carbocycles. The molecule has 0 bridgehead atoms. The van der Waals surface area contributed by atoms with Gasteiger partial charge in [0.15, 0.2) is 0 Å². The number of nitrogens with one attached hydrogen (secondary N) is 1. The molecule has 3 N–H and O–H groups in total. The van der Waals surface area contributed by atoms with E-state index in [2.05, 4.69) is 9.62 Å². The molecule has 8 heteroatoms. The normalized spacial score (nSPS) is 17.2. The molecule has 1 heterocycles. The number of thioether (sulfide) groups is 1. The van der Waals surface area contributed by atoms with E-state index in [-0.39, 0.29) is 15.6 Å². The maximum Gasteiger partial charge on any atom is 0.244 e. The van der Waals surface area contributed by atoms with Crippen LogP contribution in [0.25, 0.3) is 0 Å². The highest BCUT2D eigenvalue weighted by Crippen LogP contribution is 2.26. The second kappa shape index (κ2) is 7.00. The molecule has 1 aromatic rings. The van der Waals surface area contributed by atoms with Crippen LogP contribution in [-0.2, 0) is 10.0 Å². The van der Waals surface area contributed by atoms with Crippen LogP contribution in [-0.4, -0.2) is 51.0 Å². The first-order valence-electron chi connectivity index (χ1n) is 6.34. The maximum atomic E-state index is 12.2. The smallest absolute Gasteiger partial charge is 0.244 e. The van der Waals surface area contributed by atoms with E-state index in [0.29, 0.717) is 13.1 Å². The summed E-state index contributed by atoms with van der Waals surface area (Å²) >= 11 is 7.85. The van der Waals surface area contributed by atoms with Gasteiger partial charge in [-0.2, -0.15) is 11.8 Å². The van der Waals surface area contributed by atoms with Crippen LogP contribution in [0.3, 0.4) is 0 Å². The summed E-state index contributed by atoms with van der Waals surface area (Å²) < 4.78 is 27.0. The van der Waals surface area contributed by atoms with E-state index in [1.807, 2.05) is 11.8 Å². The largest absolute Gasteiger partial charge is 0.398 e. The lowest BCUT2D eigenvalue weighted by atomic mass is 10.3. The van der Waals surface area contributed by atoms with E-state index in [1.165, 1.54) is 12.1 Å². The lowest BCUT2D eigenvalue weighted by Crippen LogP contribution is -2.39. The highest BCUT2D eigenvalue weighted by Gasteiger charge is 2.21. The lowest BCUT2D eigenvalue weighted by Gasteiger charge is -2.26. The Hall–Kier alpha value is -0.470. The second-order valence-electron chi connectivity index (χ2n) is 4.51. The fourth-order valence-corrected chi connectivity index (χ4v) is 4.72. The van der Waals surface area contributed by atoms with Gasteiger partial charge < -0.3 is 10.6 Å². The number of rotatable bonds is 5. The summed E-state index contributed by atoms with van der Waals surface area (Å²) in [5.74, 6) is 2.20. The van der Waals surface area contributed by atoms with Crippen molar-refractivity contribution in [2.24, 2.45) is 0 Å². The minimum absolute atomic E-state index is 0.0316. The van der Waals surface area contributed by atoms with Crippen LogP contribution in [0, 0.1) is 0 Å². The summed E-state index contributed by atoms with van der Waals surface area (Å²) in [4.78, 5) is 2.21. The molecule has 5 nitrogen and oxygen atoms in total. The SMILES string of the molecule is Nc1cccc(Cl)c1S(=O)(=O)NCCN1CCSCC1. The Labute approximate surface area is 128 Å². The third kappa shape index (κ3) is 4.02. The molecule has 2 rings (SSSR count). The highest BCUT2D eigenvalue weighted by molar-refractivity contribution is 7.99. The average Bonchev–Trinajstić information content (AvgIpc) is 2.39. The first-order valence-corrected chi connectivity index (χ1v) is 9.36. The minimum Gasteiger partial charge on any atom is -0.398 e. The number of nitrogen functional groups attached to an aromatic ring is 1. The second-order valence-corrected chi connectivity index (χ2v) is 7.85. The molecule has 0 aliphatic carbocycles. The number of nitrogens with two attached hydrogens (primary N) is 1. The molecule has 112 valence electrons. The third-order valence-corrected chi connectivity index (χ3v) is 6.04. The van der Waals surface area contributed by atoms with Gasteiger partial charge in [0, 0.05) is 37.7 Å². The van der Waals surface area contributed by atoms with Crippen molar-refractivity contribution >= 4 is 39.1 Å². The Kier molecular flexibility index (Phi) is 5.57. The maximum absolute atomic E-state index is 12.2. The molecule has 0 spiro atoms.